The molecule has 0 aromatic heterocycles. The van der Waals surface area contributed by atoms with Gasteiger partial charge in [0, 0.05) is 5.41 Å². The maximum Gasteiger partial charge on any atom is 0.0165 e. The first-order chi connectivity index (χ1) is 13.0. The van der Waals surface area contributed by atoms with Crippen molar-refractivity contribution in [1.82, 2.24) is 0 Å². The van der Waals surface area contributed by atoms with Crippen LogP contribution in [0.4, 0.5) is 0 Å². The van der Waals surface area contributed by atoms with Gasteiger partial charge in [0.2, 0.25) is 0 Å². The first kappa shape index (κ1) is 17.8. The van der Waals surface area contributed by atoms with E-state index in [1.54, 1.807) is 0 Å². The molecule has 0 heteroatoms. The number of hydrogen-bond acceptors (Lipinski definition) is 0. The summed E-state index contributed by atoms with van der Waals surface area (Å²) in [6.45, 7) is 13.2. The van der Waals surface area contributed by atoms with Gasteiger partial charge in [0.05, 0.1) is 0 Å². The van der Waals surface area contributed by atoms with E-state index in [0.29, 0.717) is 0 Å². The second kappa shape index (κ2) is 6.53. The molecule has 0 N–H and O–H groups in total. The van der Waals surface area contributed by atoms with Crippen LogP contribution in [0.1, 0.15) is 61.9 Å². The average molecular weight is 353 g/mol. The van der Waals surface area contributed by atoms with Crippen molar-refractivity contribution in [3.05, 3.63) is 82.9 Å². The van der Waals surface area contributed by atoms with Gasteiger partial charge in [-0.3, -0.25) is 0 Å². The molecule has 27 heavy (non-hydrogen) atoms. The summed E-state index contributed by atoms with van der Waals surface area (Å²) in [7, 11) is 0. The van der Waals surface area contributed by atoms with Crippen LogP contribution >= 0.6 is 0 Å². The van der Waals surface area contributed by atoms with Crippen LogP contribution < -0.4 is 0 Å². The van der Waals surface area contributed by atoms with Gasteiger partial charge < -0.3 is 0 Å². The monoisotopic (exact) mass is 352 g/mol. The topological polar surface area (TPSA) is 0 Å². The fourth-order valence-corrected chi connectivity index (χ4v) is 4.90. The second-order valence-corrected chi connectivity index (χ2v) is 8.08. The molecule has 136 valence electrons. The van der Waals surface area contributed by atoms with Gasteiger partial charge in [-0.25, -0.2) is 0 Å². The highest BCUT2D eigenvalue weighted by molar-refractivity contribution is 6.08. The molecule has 0 bridgehead atoms. The Morgan fingerprint density at radius 3 is 2.41 bits per heavy atom. The Bertz CT molecular complexity index is 1080. The summed E-state index contributed by atoms with van der Waals surface area (Å²) < 4.78 is 0. The number of rotatable bonds is 4. The lowest BCUT2D eigenvalue weighted by atomic mass is 9.77. The van der Waals surface area contributed by atoms with E-state index in [9.17, 15) is 0 Å². The molecule has 0 atom stereocenters. The van der Waals surface area contributed by atoms with Crippen molar-refractivity contribution < 1.29 is 0 Å². The first-order valence-electron chi connectivity index (χ1n) is 10.0. The van der Waals surface area contributed by atoms with Gasteiger partial charge in [0.15, 0.2) is 0 Å². The Kier molecular flexibility index (Phi) is 4.30. The minimum Gasteiger partial charge on any atom is -0.0984 e. The summed E-state index contributed by atoms with van der Waals surface area (Å²) in [6, 6.07) is 15.9. The third-order valence-corrected chi connectivity index (χ3v) is 6.02. The van der Waals surface area contributed by atoms with Gasteiger partial charge >= 0.3 is 0 Å². The molecule has 4 rings (SSSR count). The predicted molar refractivity (Wildman–Crippen MR) is 120 cm³/mol. The molecule has 0 saturated heterocycles. The summed E-state index contributed by atoms with van der Waals surface area (Å²) >= 11 is 0. The highest BCUT2D eigenvalue weighted by Gasteiger charge is 2.39. The van der Waals surface area contributed by atoms with Crippen LogP contribution in [0.5, 0.6) is 0 Å². The number of aryl methyl sites for hydroxylation is 1. The standard InChI is InChI=1S/C27H28/c1-6-11-18-15-16-24-23(17-18)25-21-14-10-9-13-20(21)19(8-3)22(12-7-2)26(25)27(24,4)5/h7-10,12-17H,3,6,11H2,1-2,4-5H3/b12-7-. The van der Waals surface area contributed by atoms with Gasteiger partial charge in [0.1, 0.15) is 0 Å². The predicted octanol–water partition coefficient (Wildman–Crippen LogP) is 7.77. The Morgan fingerprint density at radius 1 is 1.00 bits per heavy atom. The van der Waals surface area contributed by atoms with Crippen molar-refractivity contribution in [2.45, 2.75) is 46.0 Å². The van der Waals surface area contributed by atoms with Crippen molar-refractivity contribution in [1.29, 1.82) is 0 Å². The zero-order valence-electron chi connectivity index (χ0n) is 16.9. The maximum atomic E-state index is 4.15. The lowest BCUT2D eigenvalue weighted by Crippen LogP contribution is -2.17. The molecule has 0 radical (unpaired) electrons. The Hall–Kier alpha value is -2.60. The molecule has 0 saturated carbocycles. The van der Waals surface area contributed by atoms with E-state index in [-0.39, 0.29) is 5.41 Å². The molecular weight excluding hydrogens is 324 g/mol. The van der Waals surface area contributed by atoms with Gasteiger partial charge in [-0.15, -0.1) is 0 Å². The molecule has 3 aromatic carbocycles. The van der Waals surface area contributed by atoms with Gasteiger partial charge in [-0.1, -0.05) is 94.5 Å². The fourth-order valence-electron chi connectivity index (χ4n) is 4.90. The van der Waals surface area contributed by atoms with Crippen molar-refractivity contribution in [3.63, 3.8) is 0 Å². The van der Waals surface area contributed by atoms with Crippen molar-refractivity contribution in [3.8, 4) is 11.1 Å². The van der Waals surface area contributed by atoms with E-state index in [1.807, 2.05) is 6.08 Å². The SMILES string of the molecule is C=Cc1c(/C=C\C)c2c(c3ccccc13)-c1cc(CCC)ccc1C2(C)C. The average Bonchev–Trinajstić information content (AvgIpc) is 2.90. The molecule has 0 amide bonds. The molecule has 0 fully saturated rings. The Morgan fingerprint density at radius 2 is 1.74 bits per heavy atom. The number of fused-ring (bicyclic) bond motifs is 5. The summed E-state index contributed by atoms with van der Waals surface area (Å²) in [4.78, 5) is 0. The summed E-state index contributed by atoms with van der Waals surface area (Å²) in [6.07, 6.45) is 8.75. The van der Waals surface area contributed by atoms with Crippen LogP contribution in [-0.4, -0.2) is 0 Å². The first-order valence-corrected chi connectivity index (χ1v) is 10.0. The van der Waals surface area contributed by atoms with Crippen LogP contribution in [0.3, 0.4) is 0 Å². The highest BCUT2D eigenvalue weighted by Crippen LogP contribution is 2.54. The third-order valence-electron chi connectivity index (χ3n) is 6.02. The van der Waals surface area contributed by atoms with E-state index in [2.05, 4.69) is 88.9 Å². The molecule has 3 aromatic rings. The molecule has 0 spiro atoms. The van der Waals surface area contributed by atoms with E-state index >= 15 is 0 Å². The Labute approximate surface area is 163 Å². The number of benzene rings is 3. The minimum atomic E-state index is -0.0218. The molecule has 0 unspecified atom stereocenters. The van der Waals surface area contributed by atoms with Crippen LogP contribution in [0.2, 0.25) is 0 Å². The van der Waals surface area contributed by atoms with Crippen molar-refractivity contribution in [2.75, 3.05) is 0 Å². The minimum absolute atomic E-state index is 0.0218. The molecule has 1 aliphatic rings. The zero-order chi connectivity index (χ0) is 19.2. The lowest BCUT2D eigenvalue weighted by molar-refractivity contribution is 0.659. The van der Waals surface area contributed by atoms with E-state index in [0.717, 1.165) is 6.42 Å². The molecule has 1 aliphatic carbocycles. The largest absolute Gasteiger partial charge is 0.0984 e. The molecule has 0 nitrogen and oxygen atoms in total. The van der Waals surface area contributed by atoms with Crippen molar-refractivity contribution >= 4 is 22.9 Å². The van der Waals surface area contributed by atoms with Crippen LogP contribution in [0.15, 0.2) is 55.1 Å². The van der Waals surface area contributed by atoms with Crippen molar-refractivity contribution in [2.24, 2.45) is 0 Å². The fraction of sp³-hybridized carbons (Fsp3) is 0.259. The zero-order valence-corrected chi connectivity index (χ0v) is 16.9. The summed E-state index contributed by atoms with van der Waals surface area (Å²) in [5.74, 6) is 0. The smallest absolute Gasteiger partial charge is 0.0165 e. The number of allylic oxidation sites excluding steroid dienone is 1. The highest BCUT2D eigenvalue weighted by atomic mass is 14.4. The summed E-state index contributed by atoms with van der Waals surface area (Å²) in [5.41, 5.74) is 9.69. The van der Waals surface area contributed by atoms with Crippen LogP contribution in [0, 0.1) is 0 Å². The lowest BCUT2D eigenvalue weighted by Gasteiger charge is -2.25. The number of hydrogen-bond donors (Lipinski definition) is 0. The normalized spacial score (nSPS) is 14.5. The van der Waals surface area contributed by atoms with Gasteiger partial charge in [-0.2, -0.15) is 0 Å². The molecule has 0 heterocycles. The molecule has 0 aliphatic heterocycles. The maximum absolute atomic E-state index is 4.15. The van der Waals surface area contributed by atoms with Gasteiger partial charge in [-0.05, 0) is 63.1 Å². The van der Waals surface area contributed by atoms with E-state index < -0.39 is 0 Å². The quantitative estimate of drug-likeness (QED) is 0.450. The van der Waals surface area contributed by atoms with E-state index in [1.165, 1.54) is 56.1 Å². The second-order valence-electron chi connectivity index (χ2n) is 8.08. The van der Waals surface area contributed by atoms with Crippen LogP contribution in [-0.2, 0) is 11.8 Å². The van der Waals surface area contributed by atoms with E-state index in [4.69, 9.17) is 0 Å². The van der Waals surface area contributed by atoms with Crippen LogP contribution in [0.25, 0.3) is 34.1 Å². The molecular formula is C27H28. The van der Waals surface area contributed by atoms with Gasteiger partial charge in [0.25, 0.3) is 0 Å². The Balaban J connectivity index is 2.21. The summed E-state index contributed by atoms with van der Waals surface area (Å²) in [5, 5.41) is 2.64. The third kappa shape index (κ3) is 2.51.